The quantitative estimate of drug-likeness (QED) is 0.649. The highest BCUT2D eigenvalue weighted by molar-refractivity contribution is 5.92. The molecule has 68 valence electrons. The van der Waals surface area contributed by atoms with Gasteiger partial charge in [0.2, 0.25) is 0 Å². The van der Waals surface area contributed by atoms with Crippen LogP contribution in [0.2, 0.25) is 0 Å². The van der Waals surface area contributed by atoms with Gasteiger partial charge >= 0.3 is 0 Å². The number of nitriles is 1. The van der Waals surface area contributed by atoms with Crippen molar-refractivity contribution in [3.63, 3.8) is 0 Å². The highest BCUT2D eigenvalue weighted by Gasteiger charge is 1.91. The number of nitrogens with two attached hydrogens (primary N) is 1. The molecule has 0 saturated carbocycles. The molecule has 2 N–H and O–H groups in total. The molecule has 0 aliphatic heterocycles. The van der Waals surface area contributed by atoms with Crippen LogP contribution in [-0.2, 0) is 11.2 Å². The highest BCUT2D eigenvalue weighted by Crippen LogP contribution is 2.03. The third-order valence-electron chi connectivity index (χ3n) is 1.57. The number of hydrogen-bond donors (Lipinski definition) is 1. The van der Waals surface area contributed by atoms with Gasteiger partial charge in [0.25, 0.3) is 5.91 Å². The smallest absolute Gasteiger partial charge is 0.293 e. The molecule has 3 heteroatoms. The summed E-state index contributed by atoms with van der Waals surface area (Å²) in [6.07, 6.45) is 0.379. The normalized spacial score (nSPS) is 8.21. The van der Waals surface area contributed by atoms with Crippen LogP contribution >= 0.6 is 0 Å². The highest BCUT2D eigenvalue weighted by atomic mass is 16.1. The van der Waals surface area contributed by atoms with E-state index in [-0.39, 0.29) is 0 Å². The average Bonchev–Trinajstić information content (AvgIpc) is 2.17. The molecule has 1 rings (SSSR count). The van der Waals surface area contributed by atoms with Crippen LogP contribution in [0.5, 0.6) is 0 Å². The molecule has 1 aromatic carbocycles. The maximum Gasteiger partial charge on any atom is 0.293 e. The Morgan fingerprint density at radius 2 is 2.00 bits per heavy atom. The molecule has 0 spiro atoms. The molecule has 0 aliphatic rings. The molecule has 3 nitrogen and oxygen atoms in total. The minimum absolute atomic E-state index is 0.379. The predicted octanol–water partition coefficient (Wildman–Crippen LogP) is 0.589. The lowest BCUT2D eigenvalue weighted by molar-refractivity contribution is -0.112. The first kappa shape index (κ1) is 9.83. The van der Waals surface area contributed by atoms with Crippen molar-refractivity contribution in [1.82, 2.24) is 0 Å². The summed E-state index contributed by atoms with van der Waals surface area (Å²) < 4.78 is 0. The topological polar surface area (TPSA) is 66.9 Å². The summed E-state index contributed by atoms with van der Waals surface area (Å²) in [6.45, 7) is 0. The molecule has 1 amide bonds. The number of benzene rings is 1. The first-order valence-corrected chi connectivity index (χ1v) is 3.99. The summed E-state index contributed by atoms with van der Waals surface area (Å²) in [5.74, 6) is 4.20. The van der Waals surface area contributed by atoms with Gasteiger partial charge in [0.05, 0.1) is 12.5 Å². The Bertz CT molecular complexity index is 429. The second-order valence-electron chi connectivity index (χ2n) is 2.65. The van der Waals surface area contributed by atoms with Crippen molar-refractivity contribution < 1.29 is 4.79 Å². The van der Waals surface area contributed by atoms with Gasteiger partial charge in [0.15, 0.2) is 0 Å². The lowest BCUT2D eigenvalue weighted by atomic mass is 10.1. The molecular formula is C11H8N2O. The standard InChI is InChI=1S/C11H8N2O/c12-8-7-10-3-1-9(2-4-10)5-6-11(13)14/h1-4H,7H2,(H2,13,14). The van der Waals surface area contributed by atoms with Gasteiger partial charge in [-0.2, -0.15) is 5.26 Å². The second-order valence-corrected chi connectivity index (χ2v) is 2.65. The van der Waals surface area contributed by atoms with E-state index in [1.165, 1.54) is 0 Å². The Morgan fingerprint density at radius 1 is 1.36 bits per heavy atom. The summed E-state index contributed by atoms with van der Waals surface area (Å²) in [7, 11) is 0. The third-order valence-corrected chi connectivity index (χ3v) is 1.57. The summed E-state index contributed by atoms with van der Waals surface area (Å²) in [6, 6.07) is 9.15. The molecule has 0 bridgehead atoms. The largest absolute Gasteiger partial charge is 0.359 e. The van der Waals surface area contributed by atoms with Crippen LogP contribution in [0.3, 0.4) is 0 Å². The van der Waals surface area contributed by atoms with Gasteiger partial charge in [-0.15, -0.1) is 0 Å². The number of hydrogen-bond acceptors (Lipinski definition) is 2. The maximum atomic E-state index is 10.3. The molecular weight excluding hydrogens is 176 g/mol. The summed E-state index contributed by atoms with van der Waals surface area (Å²) >= 11 is 0. The van der Waals surface area contributed by atoms with E-state index in [0.29, 0.717) is 12.0 Å². The van der Waals surface area contributed by atoms with Crippen molar-refractivity contribution >= 4 is 5.91 Å². The van der Waals surface area contributed by atoms with Crippen molar-refractivity contribution in [2.24, 2.45) is 5.73 Å². The summed E-state index contributed by atoms with van der Waals surface area (Å²) in [4.78, 5) is 10.3. The number of primary amides is 1. The lowest BCUT2D eigenvalue weighted by Crippen LogP contribution is -2.06. The summed E-state index contributed by atoms with van der Waals surface area (Å²) in [5, 5.41) is 8.43. The number of rotatable bonds is 1. The van der Waals surface area contributed by atoms with E-state index in [2.05, 4.69) is 11.8 Å². The van der Waals surface area contributed by atoms with Crippen LogP contribution in [0.25, 0.3) is 0 Å². The third kappa shape index (κ3) is 3.00. The van der Waals surface area contributed by atoms with Crippen molar-refractivity contribution in [3.05, 3.63) is 35.4 Å². The van der Waals surface area contributed by atoms with Crippen molar-refractivity contribution in [3.8, 4) is 17.9 Å². The monoisotopic (exact) mass is 184 g/mol. The molecule has 1 aromatic rings. The molecule has 14 heavy (non-hydrogen) atoms. The van der Waals surface area contributed by atoms with Gasteiger partial charge in [-0.1, -0.05) is 18.1 Å². The van der Waals surface area contributed by atoms with Gasteiger partial charge in [-0.05, 0) is 23.6 Å². The van der Waals surface area contributed by atoms with Crippen LogP contribution in [0, 0.1) is 23.2 Å². The Morgan fingerprint density at radius 3 is 2.50 bits per heavy atom. The van der Waals surface area contributed by atoms with E-state index in [0.717, 1.165) is 5.56 Å². The minimum Gasteiger partial charge on any atom is -0.359 e. The SMILES string of the molecule is N#CCc1ccc(C#CC(N)=O)cc1. The van der Waals surface area contributed by atoms with Crippen molar-refractivity contribution in [2.45, 2.75) is 6.42 Å². The Hall–Kier alpha value is -2.26. The van der Waals surface area contributed by atoms with Crippen LogP contribution in [0.15, 0.2) is 24.3 Å². The molecule has 0 aromatic heterocycles. The molecule has 0 saturated heterocycles. The van der Waals surface area contributed by atoms with E-state index in [1.54, 1.807) is 24.3 Å². The van der Waals surface area contributed by atoms with E-state index >= 15 is 0 Å². The van der Waals surface area contributed by atoms with E-state index in [9.17, 15) is 4.79 Å². The fourth-order valence-corrected chi connectivity index (χ4v) is 0.931. The van der Waals surface area contributed by atoms with Gasteiger partial charge in [-0.25, -0.2) is 0 Å². The van der Waals surface area contributed by atoms with Crippen molar-refractivity contribution in [1.29, 1.82) is 5.26 Å². The predicted molar refractivity (Wildman–Crippen MR) is 51.8 cm³/mol. The zero-order chi connectivity index (χ0) is 10.4. The van der Waals surface area contributed by atoms with Crippen LogP contribution in [-0.4, -0.2) is 5.91 Å². The van der Waals surface area contributed by atoms with E-state index in [4.69, 9.17) is 11.0 Å². The van der Waals surface area contributed by atoms with Gasteiger partial charge in [0.1, 0.15) is 0 Å². The fourth-order valence-electron chi connectivity index (χ4n) is 0.931. The maximum absolute atomic E-state index is 10.3. The number of carbonyl (C=O) groups is 1. The zero-order valence-corrected chi connectivity index (χ0v) is 7.45. The van der Waals surface area contributed by atoms with E-state index in [1.807, 2.05) is 6.07 Å². The zero-order valence-electron chi connectivity index (χ0n) is 7.45. The number of nitrogens with zero attached hydrogens (tertiary/aromatic N) is 1. The lowest BCUT2D eigenvalue weighted by Gasteiger charge is -1.93. The van der Waals surface area contributed by atoms with Gasteiger partial charge in [-0.3, -0.25) is 4.79 Å². The minimum atomic E-state index is -0.647. The average molecular weight is 184 g/mol. The van der Waals surface area contributed by atoms with Crippen molar-refractivity contribution in [2.75, 3.05) is 0 Å². The Balaban J connectivity index is 2.81. The summed E-state index contributed by atoms with van der Waals surface area (Å²) in [5.41, 5.74) is 6.50. The fraction of sp³-hybridized carbons (Fsp3) is 0.0909. The van der Waals surface area contributed by atoms with Crippen LogP contribution in [0.4, 0.5) is 0 Å². The first-order chi connectivity index (χ1) is 6.72. The number of amides is 1. The number of carbonyl (C=O) groups excluding carboxylic acids is 1. The Kier molecular flexibility index (Phi) is 3.29. The molecule has 0 unspecified atom stereocenters. The first-order valence-electron chi connectivity index (χ1n) is 3.99. The van der Waals surface area contributed by atoms with Crippen LogP contribution < -0.4 is 5.73 Å². The van der Waals surface area contributed by atoms with Gasteiger partial charge in [0, 0.05) is 5.56 Å². The second kappa shape index (κ2) is 4.69. The van der Waals surface area contributed by atoms with Crippen LogP contribution in [0.1, 0.15) is 11.1 Å². The molecule has 0 radical (unpaired) electrons. The Labute approximate surface area is 82.1 Å². The molecule has 0 heterocycles. The molecule has 0 atom stereocenters. The van der Waals surface area contributed by atoms with E-state index < -0.39 is 5.91 Å². The molecule has 0 fully saturated rings. The van der Waals surface area contributed by atoms with Gasteiger partial charge < -0.3 is 5.73 Å². The molecule has 0 aliphatic carbocycles.